The van der Waals surface area contributed by atoms with Crippen molar-refractivity contribution in [3.63, 3.8) is 0 Å². The van der Waals surface area contributed by atoms with Crippen molar-refractivity contribution in [3.8, 4) is 23.8 Å². The summed E-state index contributed by atoms with van der Waals surface area (Å²) in [5.41, 5.74) is 4.40. The van der Waals surface area contributed by atoms with Crippen LogP contribution >= 0.6 is 23.2 Å². The summed E-state index contributed by atoms with van der Waals surface area (Å²) in [7, 11) is 0. The average Bonchev–Trinajstić information content (AvgIpc) is 2.78. The van der Waals surface area contributed by atoms with Gasteiger partial charge in [-0.3, -0.25) is 4.79 Å². The molecule has 0 saturated heterocycles. The predicted octanol–water partition coefficient (Wildman–Crippen LogP) is 5.35. The third-order valence-corrected chi connectivity index (χ3v) is 4.70. The Labute approximate surface area is 190 Å². The molecule has 0 aliphatic rings. The summed E-state index contributed by atoms with van der Waals surface area (Å²) in [6.07, 6.45) is 6.69. The molecule has 0 heterocycles. The van der Waals surface area contributed by atoms with Gasteiger partial charge < -0.3 is 9.47 Å². The number of hydrazone groups is 1. The molecule has 0 aliphatic carbocycles. The second-order valence-corrected chi connectivity index (χ2v) is 7.13. The highest BCUT2D eigenvalue weighted by atomic mass is 35.5. The van der Waals surface area contributed by atoms with E-state index in [1.807, 2.05) is 0 Å². The lowest BCUT2D eigenvalue weighted by molar-refractivity contribution is 0.0950. The van der Waals surface area contributed by atoms with E-state index in [-0.39, 0.29) is 13.2 Å². The lowest BCUT2D eigenvalue weighted by Gasteiger charge is -2.11. The zero-order valence-corrected chi connectivity index (χ0v) is 17.9. The lowest BCUT2D eigenvalue weighted by atomic mass is 10.2. The highest BCUT2D eigenvalue weighted by Gasteiger charge is 2.12. The SMILES string of the molecule is C#CCOc1ccc(/C=N/NC(=O)c2ccccc2OCc2ccc(Cl)cc2Cl)cc1. The number of nitrogens with zero attached hydrogens (tertiary/aromatic N) is 1. The number of halogens is 2. The van der Waals surface area contributed by atoms with Crippen LogP contribution in [0.5, 0.6) is 11.5 Å². The zero-order valence-electron chi connectivity index (χ0n) is 16.3. The maximum Gasteiger partial charge on any atom is 0.275 e. The first-order valence-electron chi connectivity index (χ1n) is 9.22. The number of carbonyl (C=O) groups is 1. The molecule has 0 unspecified atom stereocenters. The number of para-hydroxylation sites is 1. The van der Waals surface area contributed by atoms with Crippen molar-refractivity contribution in [1.82, 2.24) is 5.43 Å². The summed E-state index contributed by atoms with van der Waals surface area (Å²) >= 11 is 12.1. The van der Waals surface area contributed by atoms with Crippen LogP contribution in [0.25, 0.3) is 0 Å². The number of terminal acetylenes is 1. The Morgan fingerprint density at radius 2 is 1.84 bits per heavy atom. The standard InChI is InChI=1S/C24H18Cl2N2O3/c1-2-13-30-20-11-7-17(8-12-20)15-27-28-24(29)21-5-3-4-6-23(21)31-16-18-9-10-19(25)14-22(18)26/h1,3-12,14-15H,13,16H2,(H,28,29)/b27-15+. The number of hydrogen-bond donors (Lipinski definition) is 1. The second-order valence-electron chi connectivity index (χ2n) is 6.28. The van der Waals surface area contributed by atoms with Crippen LogP contribution in [0.4, 0.5) is 0 Å². The van der Waals surface area contributed by atoms with E-state index in [1.165, 1.54) is 6.21 Å². The molecule has 5 nitrogen and oxygen atoms in total. The highest BCUT2D eigenvalue weighted by Crippen LogP contribution is 2.24. The molecule has 0 bridgehead atoms. The Morgan fingerprint density at radius 3 is 2.58 bits per heavy atom. The largest absolute Gasteiger partial charge is 0.488 e. The normalized spacial score (nSPS) is 10.5. The van der Waals surface area contributed by atoms with Crippen molar-refractivity contribution < 1.29 is 14.3 Å². The summed E-state index contributed by atoms with van der Waals surface area (Å²) in [4.78, 5) is 12.6. The van der Waals surface area contributed by atoms with Crippen LogP contribution < -0.4 is 14.9 Å². The van der Waals surface area contributed by atoms with E-state index in [2.05, 4.69) is 16.4 Å². The molecule has 7 heteroatoms. The molecule has 156 valence electrons. The number of nitrogens with one attached hydrogen (secondary N) is 1. The van der Waals surface area contributed by atoms with Gasteiger partial charge in [-0.15, -0.1) is 6.42 Å². The molecule has 0 saturated carbocycles. The van der Waals surface area contributed by atoms with E-state index in [9.17, 15) is 4.79 Å². The lowest BCUT2D eigenvalue weighted by Crippen LogP contribution is -2.18. The van der Waals surface area contributed by atoms with Crippen molar-refractivity contribution in [3.05, 3.63) is 93.5 Å². The van der Waals surface area contributed by atoms with Crippen LogP contribution in [-0.2, 0) is 6.61 Å². The van der Waals surface area contributed by atoms with E-state index >= 15 is 0 Å². The molecule has 0 radical (unpaired) electrons. The van der Waals surface area contributed by atoms with Gasteiger partial charge in [0.25, 0.3) is 5.91 Å². The summed E-state index contributed by atoms with van der Waals surface area (Å²) < 4.78 is 11.1. The fourth-order valence-corrected chi connectivity index (χ4v) is 3.04. The summed E-state index contributed by atoms with van der Waals surface area (Å²) in [5.74, 6) is 3.07. The van der Waals surface area contributed by atoms with Gasteiger partial charge in [-0.2, -0.15) is 5.10 Å². The van der Waals surface area contributed by atoms with E-state index in [0.717, 1.165) is 11.1 Å². The highest BCUT2D eigenvalue weighted by molar-refractivity contribution is 6.35. The van der Waals surface area contributed by atoms with Crippen LogP contribution in [0.15, 0.2) is 71.8 Å². The van der Waals surface area contributed by atoms with E-state index in [0.29, 0.717) is 27.1 Å². The van der Waals surface area contributed by atoms with Crippen LogP contribution in [0.1, 0.15) is 21.5 Å². The molecule has 0 aliphatic heterocycles. The molecule has 0 fully saturated rings. The Bertz CT molecular complexity index is 1120. The Hall–Kier alpha value is -3.46. The van der Waals surface area contributed by atoms with Gasteiger partial charge in [0, 0.05) is 15.6 Å². The van der Waals surface area contributed by atoms with Crippen LogP contribution in [0.2, 0.25) is 10.0 Å². The van der Waals surface area contributed by atoms with E-state index in [4.69, 9.17) is 39.1 Å². The topological polar surface area (TPSA) is 59.9 Å². The molecule has 31 heavy (non-hydrogen) atoms. The van der Waals surface area contributed by atoms with Gasteiger partial charge in [-0.1, -0.05) is 47.3 Å². The maximum atomic E-state index is 12.6. The number of carbonyl (C=O) groups excluding carboxylic acids is 1. The zero-order chi connectivity index (χ0) is 22.1. The second kappa shape index (κ2) is 11.1. The Morgan fingerprint density at radius 1 is 1.06 bits per heavy atom. The average molecular weight is 453 g/mol. The number of rotatable bonds is 8. The maximum absolute atomic E-state index is 12.6. The first kappa shape index (κ1) is 22.2. The molecule has 0 atom stereocenters. The number of ether oxygens (including phenoxy) is 2. The summed E-state index contributed by atoms with van der Waals surface area (Å²) in [6.45, 7) is 0.396. The van der Waals surface area contributed by atoms with Crippen molar-refractivity contribution in [2.75, 3.05) is 6.61 Å². The van der Waals surface area contributed by atoms with Crippen LogP contribution in [0, 0.1) is 12.3 Å². The Balaban J connectivity index is 1.61. The molecule has 3 aromatic rings. The monoisotopic (exact) mass is 452 g/mol. The molecular formula is C24H18Cl2N2O3. The number of hydrogen-bond acceptors (Lipinski definition) is 4. The van der Waals surface area contributed by atoms with Gasteiger partial charge in [0.05, 0.1) is 11.8 Å². The smallest absolute Gasteiger partial charge is 0.275 e. The van der Waals surface area contributed by atoms with Crippen LogP contribution in [0.3, 0.4) is 0 Å². The van der Waals surface area contributed by atoms with Gasteiger partial charge in [-0.05, 0) is 54.1 Å². The first-order valence-corrected chi connectivity index (χ1v) is 9.98. The number of amides is 1. The van der Waals surface area contributed by atoms with Crippen molar-refractivity contribution in [2.24, 2.45) is 5.10 Å². The molecule has 3 rings (SSSR count). The first-order chi connectivity index (χ1) is 15.1. The predicted molar refractivity (Wildman–Crippen MR) is 123 cm³/mol. The minimum absolute atomic E-state index is 0.192. The quantitative estimate of drug-likeness (QED) is 0.284. The van der Waals surface area contributed by atoms with Gasteiger partial charge in [0.2, 0.25) is 0 Å². The molecule has 0 spiro atoms. The summed E-state index contributed by atoms with van der Waals surface area (Å²) in [5, 5.41) is 5.04. The third kappa shape index (κ3) is 6.51. The molecule has 1 amide bonds. The minimum atomic E-state index is -0.400. The fraction of sp³-hybridized carbons (Fsp3) is 0.0833. The molecule has 0 aromatic heterocycles. The van der Waals surface area contributed by atoms with Crippen molar-refractivity contribution in [2.45, 2.75) is 6.61 Å². The van der Waals surface area contributed by atoms with Crippen molar-refractivity contribution in [1.29, 1.82) is 0 Å². The van der Waals surface area contributed by atoms with Gasteiger partial charge >= 0.3 is 0 Å². The minimum Gasteiger partial charge on any atom is -0.488 e. The molecule has 1 N–H and O–H groups in total. The van der Waals surface area contributed by atoms with E-state index < -0.39 is 5.91 Å². The van der Waals surface area contributed by atoms with E-state index in [1.54, 1.807) is 66.7 Å². The molecule has 3 aromatic carbocycles. The molecular weight excluding hydrogens is 435 g/mol. The Kier molecular flexibility index (Phi) is 7.94. The van der Waals surface area contributed by atoms with Gasteiger partial charge in [-0.25, -0.2) is 5.43 Å². The third-order valence-electron chi connectivity index (χ3n) is 4.11. The summed E-state index contributed by atoms with van der Waals surface area (Å²) in [6, 6.07) is 19.2. The van der Waals surface area contributed by atoms with Gasteiger partial charge in [0.15, 0.2) is 0 Å². The number of benzene rings is 3. The van der Waals surface area contributed by atoms with Crippen LogP contribution in [-0.4, -0.2) is 18.7 Å². The van der Waals surface area contributed by atoms with Crippen molar-refractivity contribution >= 4 is 35.3 Å². The fourth-order valence-electron chi connectivity index (χ4n) is 2.58. The van der Waals surface area contributed by atoms with Gasteiger partial charge in [0.1, 0.15) is 24.7 Å².